The van der Waals surface area contributed by atoms with Gasteiger partial charge >= 0.3 is 6.09 Å². The van der Waals surface area contributed by atoms with Crippen molar-refractivity contribution >= 4 is 6.09 Å². The number of nitriles is 1. The van der Waals surface area contributed by atoms with Crippen LogP contribution in [0.4, 0.5) is 4.79 Å². The van der Waals surface area contributed by atoms with E-state index >= 15 is 0 Å². The molecule has 4 heteroatoms. The van der Waals surface area contributed by atoms with E-state index in [4.69, 9.17) is 10.00 Å². The highest BCUT2D eigenvalue weighted by molar-refractivity contribution is 5.69. The second kappa shape index (κ2) is 4.09. The van der Waals surface area contributed by atoms with Crippen LogP contribution in [0.25, 0.3) is 0 Å². The fourth-order valence-electron chi connectivity index (χ4n) is 1.74. The van der Waals surface area contributed by atoms with Crippen LogP contribution in [0.3, 0.4) is 0 Å². The maximum atomic E-state index is 11.5. The molecule has 0 spiro atoms. The van der Waals surface area contributed by atoms with E-state index < -0.39 is 17.2 Å². The molecule has 0 saturated heterocycles. The zero-order valence-corrected chi connectivity index (χ0v) is 9.59. The molecule has 1 fully saturated rings. The van der Waals surface area contributed by atoms with Gasteiger partial charge in [0, 0.05) is 0 Å². The lowest BCUT2D eigenvalue weighted by molar-refractivity contribution is 0.0482. The second-order valence-corrected chi connectivity index (χ2v) is 5.03. The first kappa shape index (κ1) is 11.8. The van der Waals surface area contributed by atoms with Gasteiger partial charge in [-0.25, -0.2) is 4.79 Å². The molecule has 0 aromatic carbocycles. The van der Waals surface area contributed by atoms with Crippen molar-refractivity contribution < 1.29 is 9.53 Å². The minimum absolute atomic E-state index is 0.494. The summed E-state index contributed by atoms with van der Waals surface area (Å²) in [6.45, 7) is 5.42. The lowest BCUT2D eigenvalue weighted by atomic mass is 10.0. The van der Waals surface area contributed by atoms with Gasteiger partial charge in [-0.15, -0.1) is 0 Å². The lowest BCUT2D eigenvalue weighted by Crippen LogP contribution is -2.47. The van der Waals surface area contributed by atoms with Gasteiger partial charge in [0.05, 0.1) is 6.07 Å². The average Bonchev–Trinajstić information content (AvgIpc) is 2.50. The predicted octanol–water partition coefficient (Wildman–Crippen LogP) is 2.35. The molecule has 4 nitrogen and oxygen atoms in total. The quantitative estimate of drug-likeness (QED) is 0.722. The monoisotopic (exact) mass is 210 g/mol. The van der Waals surface area contributed by atoms with E-state index in [1.54, 1.807) is 20.8 Å². The molecule has 84 valence electrons. The normalized spacial score (nSPS) is 19.3. The third-order valence-electron chi connectivity index (χ3n) is 2.41. The Bertz CT molecular complexity index is 280. The molecule has 1 N–H and O–H groups in total. The fourth-order valence-corrected chi connectivity index (χ4v) is 1.74. The van der Waals surface area contributed by atoms with Gasteiger partial charge in [-0.1, -0.05) is 0 Å². The SMILES string of the molecule is CC(C)(C)OC(=O)NC1(C#N)CCCC1. The van der Waals surface area contributed by atoms with Gasteiger partial charge in [0.15, 0.2) is 0 Å². The topological polar surface area (TPSA) is 62.1 Å². The van der Waals surface area contributed by atoms with Gasteiger partial charge in [-0.2, -0.15) is 5.26 Å². The molecule has 0 bridgehead atoms. The number of alkyl carbamates (subject to hydrolysis) is 1. The summed E-state index contributed by atoms with van der Waals surface area (Å²) in [7, 11) is 0. The molecule has 0 aliphatic heterocycles. The van der Waals surface area contributed by atoms with Crippen LogP contribution in [0.5, 0.6) is 0 Å². The number of rotatable bonds is 1. The Kier molecular flexibility index (Phi) is 3.23. The van der Waals surface area contributed by atoms with Gasteiger partial charge in [0.25, 0.3) is 0 Å². The number of amides is 1. The van der Waals surface area contributed by atoms with Crippen LogP contribution < -0.4 is 5.32 Å². The number of hydrogen-bond acceptors (Lipinski definition) is 3. The predicted molar refractivity (Wildman–Crippen MR) is 56.2 cm³/mol. The summed E-state index contributed by atoms with van der Waals surface area (Å²) in [5, 5.41) is 11.7. The number of carbonyl (C=O) groups is 1. The largest absolute Gasteiger partial charge is 0.444 e. The van der Waals surface area contributed by atoms with E-state index in [0.717, 1.165) is 25.7 Å². The zero-order valence-electron chi connectivity index (χ0n) is 9.59. The smallest absolute Gasteiger partial charge is 0.408 e. The highest BCUT2D eigenvalue weighted by Gasteiger charge is 2.36. The van der Waals surface area contributed by atoms with Gasteiger partial charge in [0.2, 0.25) is 0 Å². The maximum Gasteiger partial charge on any atom is 0.408 e. The summed E-state index contributed by atoms with van der Waals surface area (Å²) >= 11 is 0. The van der Waals surface area contributed by atoms with Gasteiger partial charge in [-0.05, 0) is 46.5 Å². The van der Waals surface area contributed by atoms with Crippen LogP contribution in [0, 0.1) is 11.3 Å². The summed E-state index contributed by atoms with van der Waals surface area (Å²) in [6, 6.07) is 2.18. The van der Waals surface area contributed by atoms with Crippen molar-refractivity contribution in [1.29, 1.82) is 5.26 Å². The Labute approximate surface area is 90.6 Å². The highest BCUT2D eigenvalue weighted by atomic mass is 16.6. The summed E-state index contributed by atoms with van der Waals surface area (Å²) in [5.41, 5.74) is -1.21. The summed E-state index contributed by atoms with van der Waals surface area (Å²) in [5.74, 6) is 0. The molecular formula is C11H18N2O2. The summed E-state index contributed by atoms with van der Waals surface area (Å²) < 4.78 is 5.13. The van der Waals surface area contributed by atoms with E-state index in [0.29, 0.717) is 0 Å². The van der Waals surface area contributed by atoms with Gasteiger partial charge in [0.1, 0.15) is 11.1 Å². The molecule has 0 radical (unpaired) electrons. The Balaban J connectivity index is 2.54. The molecule has 1 saturated carbocycles. The van der Waals surface area contributed by atoms with Crippen LogP contribution in [0.2, 0.25) is 0 Å². The first-order valence-corrected chi connectivity index (χ1v) is 5.29. The molecule has 0 heterocycles. The van der Waals surface area contributed by atoms with Crippen LogP contribution in [-0.4, -0.2) is 17.2 Å². The van der Waals surface area contributed by atoms with E-state index in [1.807, 2.05) is 0 Å². The van der Waals surface area contributed by atoms with Gasteiger partial charge in [-0.3, -0.25) is 0 Å². The summed E-state index contributed by atoms with van der Waals surface area (Å²) in [4.78, 5) is 11.5. The lowest BCUT2D eigenvalue weighted by Gasteiger charge is -2.25. The minimum Gasteiger partial charge on any atom is -0.444 e. The molecule has 1 amide bonds. The van der Waals surface area contributed by atoms with Crippen molar-refractivity contribution in [3.8, 4) is 6.07 Å². The third-order valence-corrected chi connectivity index (χ3v) is 2.41. The number of nitrogens with zero attached hydrogens (tertiary/aromatic N) is 1. The standard InChI is InChI=1S/C11H18N2O2/c1-10(2,3)15-9(14)13-11(8-12)6-4-5-7-11/h4-7H2,1-3H3,(H,13,14). The van der Waals surface area contributed by atoms with E-state index in [9.17, 15) is 4.79 Å². The Morgan fingerprint density at radius 2 is 1.93 bits per heavy atom. The van der Waals surface area contributed by atoms with Crippen molar-refractivity contribution in [2.75, 3.05) is 0 Å². The first-order chi connectivity index (χ1) is 6.87. The van der Waals surface area contributed by atoms with Crippen molar-refractivity contribution in [1.82, 2.24) is 5.32 Å². The first-order valence-electron chi connectivity index (χ1n) is 5.29. The van der Waals surface area contributed by atoms with Crippen molar-refractivity contribution in [3.05, 3.63) is 0 Å². The molecule has 0 unspecified atom stereocenters. The highest BCUT2D eigenvalue weighted by Crippen LogP contribution is 2.29. The Hall–Kier alpha value is -1.24. The molecule has 0 aromatic heterocycles. The Morgan fingerprint density at radius 1 is 1.40 bits per heavy atom. The number of ether oxygens (including phenoxy) is 1. The number of carbonyl (C=O) groups excluding carboxylic acids is 1. The number of hydrogen-bond donors (Lipinski definition) is 1. The molecular weight excluding hydrogens is 192 g/mol. The van der Waals surface area contributed by atoms with Crippen molar-refractivity contribution in [3.63, 3.8) is 0 Å². The van der Waals surface area contributed by atoms with Crippen LogP contribution in [-0.2, 0) is 4.74 Å². The van der Waals surface area contributed by atoms with Crippen LogP contribution >= 0.6 is 0 Å². The molecule has 1 rings (SSSR count). The van der Waals surface area contributed by atoms with Crippen molar-refractivity contribution in [2.45, 2.75) is 57.6 Å². The van der Waals surface area contributed by atoms with Crippen LogP contribution in [0.15, 0.2) is 0 Å². The van der Waals surface area contributed by atoms with E-state index in [-0.39, 0.29) is 0 Å². The number of nitrogens with one attached hydrogen (secondary N) is 1. The third kappa shape index (κ3) is 3.43. The van der Waals surface area contributed by atoms with Gasteiger partial charge < -0.3 is 10.1 Å². The molecule has 0 atom stereocenters. The second-order valence-electron chi connectivity index (χ2n) is 5.03. The van der Waals surface area contributed by atoms with E-state index in [1.165, 1.54) is 0 Å². The Morgan fingerprint density at radius 3 is 2.33 bits per heavy atom. The average molecular weight is 210 g/mol. The fraction of sp³-hybridized carbons (Fsp3) is 0.818. The molecule has 1 aliphatic carbocycles. The van der Waals surface area contributed by atoms with Crippen molar-refractivity contribution in [2.24, 2.45) is 0 Å². The summed E-state index contributed by atoms with van der Waals surface area (Å²) in [6.07, 6.45) is 2.93. The minimum atomic E-state index is -0.692. The molecule has 15 heavy (non-hydrogen) atoms. The maximum absolute atomic E-state index is 11.5. The molecule has 0 aromatic rings. The van der Waals surface area contributed by atoms with E-state index in [2.05, 4.69) is 11.4 Å². The zero-order chi connectivity index (χ0) is 11.5. The van der Waals surface area contributed by atoms with Crippen LogP contribution in [0.1, 0.15) is 46.5 Å². The molecule has 1 aliphatic rings.